The van der Waals surface area contributed by atoms with Crippen LogP contribution in [0.5, 0.6) is 0 Å². The predicted molar refractivity (Wildman–Crippen MR) is 415 cm³/mol. The molecule has 0 aliphatic heterocycles. The van der Waals surface area contributed by atoms with Gasteiger partial charge in [0.1, 0.15) is 0 Å². The zero-order valence-corrected chi connectivity index (χ0v) is 58.6. The zero-order valence-electron chi connectivity index (χ0n) is 58.6. The molecule has 0 heterocycles. The van der Waals surface area contributed by atoms with Gasteiger partial charge in [-0.3, -0.25) is 0 Å². The average molecular weight is 1240 g/mol. The van der Waals surface area contributed by atoms with E-state index in [0.29, 0.717) is 0 Å². The van der Waals surface area contributed by atoms with Crippen molar-refractivity contribution in [1.29, 1.82) is 0 Å². The first-order valence-corrected chi connectivity index (χ1v) is 37.5. The summed E-state index contributed by atoms with van der Waals surface area (Å²) in [6.07, 6.45) is 39.6. The van der Waals surface area contributed by atoms with Gasteiger partial charge in [0.2, 0.25) is 0 Å². The molecule has 0 amide bonds. The Morgan fingerprint density at radius 3 is 0.564 bits per heavy atom. The second-order valence-electron chi connectivity index (χ2n) is 26.5. The van der Waals surface area contributed by atoms with Crippen LogP contribution in [0.15, 0.2) is 121 Å². The monoisotopic (exact) mass is 1230 g/mol. The van der Waals surface area contributed by atoms with Crippen LogP contribution in [0, 0.1) is 71.0 Å². The van der Waals surface area contributed by atoms with E-state index in [0.717, 1.165) is 154 Å². The molecular weight excluding hydrogens is 1130 g/mol. The van der Waals surface area contributed by atoms with Crippen molar-refractivity contribution in [2.24, 2.45) is 0 Å². The van der Waals surface area contributed by atoms with Gasteiger partial charge in [0.05, 0.1) is 0 Å². The van der Waals surface area contributed by atoms with Gasteiger partial charge in [0.15, 0.2) is 0 Å². The van der Waals surface area contributed by atoms with Crippen molar-refractivity contribution in [3.05, 3.63) is 155 Å². The molecule has 9 rings (SSSR count). The topological polar surface area (TPSA) is 0 Å². The molecule has 0 spiro atoms. The van der Waals surface area contributed by atoms with E-state index in [2.05, 4.69) is 234 Å². The number of rotatable bonds is 30. The van der Waals surface area contributed by atoms with Crippen molar-refractivity contribution in [3.8, 4) is 93.3 Å². The van der Waals surface area contributed by atoms with Crippen LogP contribution < -0.4 is 0 Å². The highest BCUT2D eigenvalue weighted by Crippen LogP contribution is 2.41. The molecule has 0 N–H and O–H groups in total. The summed E-state index contributed by atoms with van der Waals surface area (Å²) in [6.45, 7) is 13.7. The first-order chi connectivity index (χ1) is 46.5. The molecule has 9 aromatic carbocycles. The van der Waals surface area contributed by atoms with E-state index in [1.165, 1.54) is 184 Å². The summed E-state index contributed by atoms with van der Waals surface area (Å²) in [5, 5.41) is 14.1. The standard InChI is InChI=1S/C94H106/c1-7-13-19-25-31-33-39-45-55-85-89-67-63-76(74-62-66-88-82(52-42-36-28-22-16-10-4)78-58-48-50-60-80(78)84(92(88)70-74)54-44-38-30-24-18-12-6)72-94(89)86(56-46-40-34-32-26-20-14-8-2)90-68-64-75(71-93(85)90)73-61-65-87-81(51-41-35-27-21-15-9-3)77-57-47-49-59-79(77)83(91(87)69-73)53-43-37-29-23-17-11-5/h47-50,57-72H,7-40H2,1-6H3. The van der Waals surface area contributed by atoms with Crippen molar-refractivity contribution in [3.63, 3.8) is 0 Å². The second kappa shape index (κ2) is 38.9. The molecule has 0 atom stereocenters. The summed E-state index contributed by atoms with van der Waals surface area (Å²) in [6, 6.07) is 46.1. The number of fused-ring (bicyclic) bond motifs is 6. The quantitative estimate of drug-likeness (QED) is 0.0239. The van der Waals surface area contributed by atoms with Crippen LogP contribution in [0.4, 0.5) is 0 Å². The maximum atomic E-state index is 3.90. The average Bonchev–Trinajstić information content (AvgIpc) is 0.752. The lowest BCUT2D eigenvalue weighted by Crippen LogP contribution is -1.94. The Bertz CT molecular complexity index is 4100. The van der Waals surface area contributed by atoms with Gasteiger partial charge in [-0.25, -0.2) is 0 Å². The highest BCUT2D eigenvalue weighted by Gasteiger charge is 2.19. The molecule has 0 bridgehead atoms. The van der Waals surface area contributed by atoms with Gasteiger partial charge in [-0.05, 0) is 150 Å². The molecule has 0 aliphatic carbocycles. The minimum Gasteiger partial charge on any atom is -0.0978 e. The molecule has 482 valence electrons. The van der Waals surface area contributed by atoms with Gasteiger partial charge >= 0.3 is 0 Å². The fourth-order valence-electron chi connectivity index (χ4n) is 13.6. The van der Waals surface area contributed by atoms with E-state index in [1.807, 2.05) is 0 Å². The molecule has 0 unspecified atom stereocenters. The molecule has 9 aromatic rings. The maximum absolute atomic E-state index is 3.90. The van der Waals surface area contributed by atoms with Crippen LogP contribution in [-0.2, 0) is 0 Å². The van der Waals surface area contributed by atoms with Gasteiger partial charge in [-0.2, -0.15) is 0 Å². The lowest BCUT2D eigenvalue weighted by Gasteiger charge is -2.16. The third-order valence-corrected chi connectivity index (χ3v) is 19.0. The Hall–Kier alpha value is -8.10. The lowest BCUT2D eigenvalue weighted by molar-refractivity contribution is 0.614. The Balaban J connectivity index is 1.24. The maximum Gasteiger partial charge on any atom is 0.0403 e. The molecule has 0 aliphatic rings. The van der Waals surface area contributed by atoms with Crippen molar-refractivity contribution < 1.29 is 0 Å². The number of unbranched alkanes of at least 4 members (excludes halogenated alkanes) is 28. The SMILES string of the molecule is CCCCCCC#Cc1c2ccccc2c(C#CCCCCCC)c2cc(-c3ccc4c(C#CCCCCCCCC)c5cc(-c6ccc7c(C#CCCCCCC)c8ccccc8c(C#CCCCCCC)c7c6)ccc5c(C#CCCCCCCCC)c4c3)ccc12. The Labute approximate surface area is 569 Å². The summed E-state index contributed by atoms with van der Waals surface area (Å²) in [4.78, 5) is 0. The molecule has 0 heteroatoms. The van der Waals surface area contributed by atoms with Crippen LogP contribution in [0.1, 0.15) is 293 Å². The summed E-state index contributed by atoms with van der Waals surface area (Å²) < 4.78 is 0. The largest absolute Gasteiger partial charge is 0.0978 e. The van der Waals surface area contributed by atoms with E-state index < -0.39 is 0 Å². The third-order valence-electron chi connectivity index (χ3n) is 19.0. The van der Waals surface area contributed by atoms with Crippen molar-refractivity contribution in [2.75, 3.05) is 0 Å². The molecule has 0 radical (unpaired) electrons. The molecule has 0 saturated carbocycles. The van der Waals surface area contributed by atoms with Crippen LogP contribution >= 0.6 is 0 Å². The highest BCUT2D eigenvalue weighted by molar-refractivity contribution is 6.14. The first-order valence-electron chi connectivity index (χ1n) is 37.5. The van der Waals surface area contributed by atoms with Crippen LogP contribution in [0.25, 0.3) is 86.9 Å². The minimum atomic E-state index is 0.874. The van der Waals surface area contributed by atoms with Gasteiger partial charge < -0.3 is 0 Å². The third kappa shape index (κ3) is 19.1. The van der Waals surface area contributed by atoms with Gasteiger partial charge in [-0.1, -0.05) is 351 Å². The fourth-order valence-corrected chi connectivity index (χ4v) is 13.6. The van der Waals surface area contributed by atoms with Crippen LogP contribution in [0.2, 0.25) is 0 Å². The van der Waals surface area contributed by atoms with Crippen LogP contribution in [0.3, 0.4) is 0 Å². The summed E-state index contributed by atoms with van der Waals surface area (Å²) in [5.74, 6) is 45.0. The Morgan fingerprint density at radius 1 is 0.181 bits per heavy atom. The van der Waals surface area contributed by atoms with E-state index in [9.17, 15) is 0 Å². The normalized spacial score (nSPS) is 11.0. The van der Waals surface area contributed by atoms with E-state index in [1.54, 1.807) is 0 Å². The molecular formula is C94H106. The molecule has 94 heavy (non-hydrogen) atoms. The van der Waals surface area contributed by atoms with Crippen LogP contribution in [-0.4, -0.2) is 0 Å². The van der Waals surface area contributed by atoms with Crippen molar-refractivity contribution in [2.45, 2.75) is 260 Å². The summed E-state index contributed by atoms with van der Waals surface area (Å²) in [5.41, 5.74) is 11.3. The van der Waals surface area contributed by atoms with Crippen molar-refractivity contribution >= 4 is 64.6 Å². The minimum absolute atomic E-state index is 0.874. The smallest absolute Gasteiger partial charge is 0.0403 e. The number of benzene rings is 9. The highest BCUT2D eigenvalue weighted by atomic mass is 14.2. The number of hydrogen-bond acceptors (Lipinski definition) is 0. The first kappa shape index (κ1) is 70.2. The lowest BCUT2D eigenvalue weighted by atomic mass is 9.86. The van der Waals surface area contributed by atoms with Gasteiger partial charge in [-0.15, -0.1) is 0 Å². The van der Waals surface area contributed by atoms with E-state index in [4.69, 9.17) is 0 Å². The Morgan fingerprint density at radius 2 is 0.351 bits per heavy atom. The molecule has 0 fully saturated rings. The fraction of sp³-hybridized carbons (Fsp3) is 0.426. The Kier molecular flexibility index (Phi) is 29.1. The molecule has 0 nitrogen and oxygen atoms in total. The molecule has 0 saturated heterocycles. The summed E-state index contributed by atoms with van der Waals surface area (Å²) in [7, 11) is 0. The van der Waals surface area contributed by atoms with E-state index >= 15 is 0 Å². The second-order valence-corrected chi connectivity index (χ2v) is 26.5. The summed E-state index contributed by atoms with van der Waals surface area (Å²) >= 11 is 0. The predicted octanol–water partition coefficient (Wildman–Crippen LogP) is 27.4. The van der Waals surface area contributed by atoms with E-state index in [-0.39, 0.29) is 0 Å². The molecule has 0 aromatic heterocycles. The van der Waals surface area contributed by atoms with Crippen molar-refractivity contribution in [1.82, 2.24) is 0 Å². The zero-order chi connectivity index (χ0) is 65.4. The van der Waals surface area contributed by atoms with Gasteiger partial charge in [0.25, 0.3) is 0 Å². The van der Waals surface area contributed by atoms with Gasteiger partial charge in [0, 0.05) is 71.9 Å². The number of hydrogen-bond donors (Lipinski definition) is 0.